The molecule has 1 N–H and O–H groups in total. The van der Waals surface area contributed by atoms with Crippen molar-refractivity contribution >= 4 is 33.4 Å². The number of likely N-dealkylation sites (tertiary alicyclic amines) is 1. The van der Waals surface area contributed by atoms with Gasteiger partial charge >= 0.3 is 0 Å². The molecule has 6 heteroatoms. The number of nitrogens with zero attached hydrogens (tertiary/aromatic N) is 2. The summed E-state index contributed by atoms with van der Waals surface area (Å²) in [5.41, 5.74) is 1.40. The monoisotopic (exact) mass is 428 g/mol. The van der Waals surface area contributed by atoms with Crippen molar-refractivity contribution in [2.75, 3.05) is 6.54 Å². The van der Waals surface area contributed by atoms with E-state index in [1.807, 2.05) is 0 Å². The molecule has 0 spiro atoms. The first-order valence-electron chi connectivity index (χ1n) is 8.99. The highest BCUT2D eigenvalue weighted by atomic mass is 79.9. The predicted octanol–water partition coefficient (Wildman–Crippen LogP) is 4.46. The molecule has 1 aromatic carbocycles. The van der Waals surface area contributed by atoms with Crippen LogP contribution in [0.3, 0.4) is 0 Å². The maximum Gasteiger partial charge on any atom is 0.295 e. The number of aromatic nitrogens is 1. The predicted molar refractivity (Wildman–Crippen MR) is 107 cm³/mol. The van der Waals surface area contributed by atoms with E-state index in [0.29, 0.717) is 12.1 Å². The number of benzene rings is 1. The summed E-state index contributed by atoms with van der Waals surface area (Å²) in [4.78, 5) is 31.1. The second-order valence-corrected chi connectivity index (χ2v) is 7.40. The van der Waals surface area contributed by atoms with Crippen LogP contribution in [-0.4, -0.2) is 33.2 Å². The summed E-state index contributed by atoms with van der Waals surface area (Å²) in [5.74, 6) is -1.36. The van der Waals surface area contributed by atoms with Crippen molar-refractivity contribution in [3.63, 3.8) is 0 Å². The summed E-state index contributed by atoms with van der Waals surface area (Å²) in [6.45, 7) is 2.56. The Balaban J connectivity index is 2.09. The summed E-state index contributed by atoms with van der Waals surface area (Å²) < 4.78 is 0.866. The Morgan fingerprint density at radius 3 is 2.41 bits per heavy atom. The quantitative estimate of drug-likeness (QED) is 0.319. The van der Waals surface area contributed by atoms with Gasteiger partial charge in [0.1, 0.15) is 5.76 Å². The van der Waals surface area contributed by atoms with Crippen molar-refractivity contribution in [2.45, 2.75) is 32.2 Å². The molecule has 5 nitrogen and oxygen atoms in total. The Kier molecular flexibility index (Phi) is 6.06. The van der Waals surface area contributed by atoms with Crippen LogP contribution < -0.4 is 0 Å². The van der Waals surface area contributed by atoms with E-state index >= 15 is 0 Å². The van der Waals surface area contributed by atoms with Crippen LogP contribution in [0.4, 0.5) is 0 Å². The number of hydrogen-bond donors (Lipinski definition) is 1. The molecule has 140 valence electrons. The Labute approximate surface area is 166 Å². The number of pyridine rings is 1. The minimum absolute atomic E-state index is 0.130. The van der Waals surface area contributed by atoms with E-state index in [2.05, 4.69) is 27.8 Å². The van der Waals surface area contributed by atoms with Gasteiger partial charge in [-0.3, -0.25) is 14.6 Å². The highest BCUT2D eigenvalue weighted by Gasteiger charge is 2.45. The summed E-state index contributed by atoms with van der Waals surface area (Å²) in [5, 5.41) is 10.9. The maximum atomic E-state index is 12.8. The number of ketones is 1. The number of aliphatic hydroxyl groups is 1. The lowest BCUT2D eigenvalue weighted by atomic mass is 9.96. The summed E-state index contributed by atoms with van der Waals surface area (Å²) in [6.07, 6.45) is 6.05. The second kappa shape index (κ2) is 8.48. The molecule has 0 bridgehead atoms. The molecule has 2 aromatic rings. The van der Waals surface area contributed by atoms with E-state index in [1.165, 1.54) is 0 Å². The zero-order valence-corrected chi connectivity index (χ0v) is 16.6. The summed E-state index contributed by atoms with van der Waals surface area (Å²) in [7, 11) is 0. The van der Waals surface area contributed by atoms with Crippen molar-refractivity contribution in [3.05, 3.63) is 70.0 Å². The second-order valence-electron chi connectivity index (χ2n) is 6.49. The lowest BCUT2D eigenvalue weighted by Gasteiger charge is -2.25. The van der Waals surface area contributed by atoms with Crippen molar-refractivity contribution in [1.82, 2.24) is 9.88 Å². The fourth-order valence-electron chi connectivity index (χ4n) is 3.30. The zero-order valence-electron chi connectivity index (χ0n) is 15.1. The first kappa shape index (κ1) is 19.3. The van der Waals surface area contributed by atoms with Gasteiger partial charge in [0.05, 0.1) is 11.6 Å². The van der Waals surface area contributed by atoms with Crippen LogP contribution in [-0.2, 0) is 9.59 Å². The highest BCUT2D eigenvalue weighted by molar-refractivity contribution is 9.10. The van der Waals surface area contributed by atoms with E-state index in [9.17, 15) is 14.7 Å². The first-order valence-corrected chi connectivity index (χ1v) is 9.78. The average molecular weight is 429 g/mol. The Bertz CT molecular complexity index is 863. The minimum atomic E-state index is -0.645. The van der Waals surface area contributed by atoms with Gasteiger partial charge in [0, 0.05) is 29.0 Å². The third kappa shape index (κ3) is 3.95. The first-order chi connectivity index (χ1) is 13.0. The molecule has 1 amide bonds. The van der Waals surface area contributed by atoms with E-state index in [4.69, 9.17) is 0 Å². The van der Waals surface area contributed by atoms with Gasteiger partial charge in [0.15, 0.2) is 0 Å². The normalized spacial score (nSPS) is 18.9. The molecule has 1 atom stereocenters. The molecule has 27 heavy (non-hydrogen) atoms. The number of carbonyl (C=O) groups excluding carboxylic acids is 2. The Hall–Kier alpha value is -2.47. The van der Waals surface area contributed by atoms with E-state index < -0.39 is 17.7 Å². The van der Waals surface area contributed by atoms with Gasteiger partial charge in [-0.1, -0.05) is 47.8 Å². The van der Waals surface area contributed by atoms with Crippen LogP contribution in [0.25, 0.3) is 5.76 Å². The number of carbonyl (C=O) groups is 2. The highest BCUT2D eigenvalue weighted by Crippen LogP contribution is 2.39. The molecule has 3 rings (SSSR count). The van der Waals surface area contributed by atoms with Crippen LogP contribution >= 0.6 is 15.9 Å². The minimum Gasteiger partial charge on any atom is -0.507 e. The summed E-state index contributed by atoms with van der Waals surface area (Å²) in [6, 6.07) is 9.95. The van der Waals surface area contributed by atoms with Gasteiger partial charge in [-0.15, -0.1) is 0 Å². The third-order valence-corrected chi connectivity index (χ3v) is 5.21. The van der Waals surface area contributed by atoms with Crippen molar-refractivity contribution in [3.8, 4) is 0 Å². The summed E-state index contributed by atoms with van der Waals surface area (Å²) >= 11 is 3.36. The molecule has 0 saturated carbocycles. The molecular formula is C21H21BrN2O3. The number of aliphatic hydroxyl groups excluding tert-OH is 1. The lowest BCUT2D eigenvalue weighted by molar-refractivity contribution is -0.139. The van der Waals surface area contributed by atoms with Crippen LogP contribution in [0.15, 0.2) is 58.8 Å². The smallest absolute Gasteiger partial charge is 0.295 e. The molecule has 1 aliphatic rings. The Morgan fingerprint density at radius 1 is 1.11 bits per heavy atom. The molecule has 1 unspecified atom stereocenters. The van der Waals surface area contributed by atoms with Gasteiger partial charge in [-0.05, 0) is 36.2 Å². The molecule has 1 fully saturated rings. The molecule has 1 aromatic heterocycles. The van der Waals surface area contributed by atoms with Crippen molar-refractivity contribution < 1.29 is 14.7 Å². The van der Waals surface area contributed by atoms with Crippen LogP contribution in [0.1, 0.15) is 43.4 Å². The topological polar surface area (TPSA) is 70.5 Å². The molecule has 2 heterocycles. The number of rotatable bonds is 6. The van der Waals surface area contributed by atoms with Gasteiger partial charge in [0.25, 0.3) is 11.7 Å². The van der Waals surface area contributed by atoms with Crippen LogP contribution in [0.2, 0.25) is 0 Å². The molecule has 0 aliphatic carbocycles. The van der Waals surface area contributed by atoms with E-state index in [-0.39, 0.29) is 11.3 Å². The van der Waals surface area contributed by atoms with Crippen molar-refractivity contribution in [2.24, 2.45) is 0 Å². The SMILES string of the molecule is CCCCCN1C(=O)C(=O)/C(=C(\O)c2ccc(Br)cc2)C1c1ccncc1. The number of hydrogen-bond acceptors (Lipinski definition) is 4. The molecular weight excluding hydrogens is 408 g/mol. The number of unbranched alkanes of at least 4 members (excludes halogenated alkanes) is 2. The number of halogens is 1. The Morgan fingerprint density at radius 2 is 1.78 bits per heavy atom. The van der Waals surface area contributed by atoms with Gasteiger partial charge < -0.3 is 10.0 Å². The molecule has 1 saturated heterocycles. The standard InChI is InChI=1S/C21H21BrN2O3/c1-2-3-4-13-24-18(14-9-11-23-12-10-14)17(20(26)21(24)27)19(25)15-5-7-16(22)8-6-15/h5-12,18,25H,2-4,13H2,1H3/b19-17-. The fourth-order valence-corrected chi connectivity index (χ4v) is 3.56. The lowest BCUT2D eigenvalue weighted by Crippen LogP contribution is -2.30. The maximum absolute atomic E-state index is 12.8. The molecule has 0 radical (unpaired) electrons. The average Bonchev–Trinajstić information content (AvgIpc) is 2.94. The van der Waals surface area contributed by atoms with Crippen LogP contribution in [0.5, 0.6) is 0 Å². The largest absolute Gasteiger partial charge is 0.507 e. The fraction of sp³-hybridized carbons (Fsp3) is 0.286. The zero-order chi connectivity index (χ0) is 19.4. The van der Waals surface area contributed by atoms with Crippen molar-refractivity contribution in [1.29, 1.82) is 0 Å². The number of amides is 1. The number of Topliss-reactive ketones (excluding diaryl/α,β-unsaturated/α-hetero) is 1. The van der Waals surface area contributed by atoms with Gasteiger partial charge in [-0.25, -0.2) is 0 Å². The van der Waals surface area contributed by atoms with E-state index in [1.54, 1.807) is 53.7 Å². The van der Waals surface area contributed by atoms with Crippen LogP contribution in [0, 0.1) is 0 Å². The molecule has 1 aliphatic heterocycles. The van der Waals surface area contributed by atoms with Gasteiger partial charge in [0.2, 0.25) is 0 Å². The third-order valence-electron chi connectivity index (χ3n) is 4.68. The van der Waals surface area contributed by atoms with E-state index in [0.717, 1.165) is 29.3 Å². The van der Waals surface area contributed by atoms with Gasteiger partial charge in [-0.2, -0.15) is 0 Å².